The number of ether oxygens (including phenoxy) is 1. The minimum atomic E-state index is -0.469. The van der Waals surface area contributed by atoms with Gasteiger partial charge in [0.15, 0.2) is 0 Å². The molecule has 1 aromatic carbocycles. The van der Waals surface area contributed by atoms with E-state index >= 15 is 0 Å². The molecule has 3 saturated heterocycles. The Morgan fingerprint density at radius 1 is 1.38 bits per heavy atom. The van der Waals surface area contributed by atoms with Crippen LogP contribution in [-0.2, 0) is 0 Å². The van der Waals surface area contributed by atoms with E-state index in [4.69, 9.17) is 4.74 Å². The first-order valence-corrected chi connectivity index (χ1v) is 9.06. The average molecular weight is 326 g/mol. The van der Waals surface area contributed by atoms with E-state index in [1.165, 1.54) is 12.8 Å². The van der Waals surface area contributed by atoms with Crippen molar-refractivity contribution < 1.29 is 9.84 Å². The molecule has 5 atom stereocenters. The lowest BCUT2D eigenvalue weighted by molar-refractivity contribution is -0.0562. The lowest BCUT2D eigenvalue weighted by Gasteiger charge is -2.51. The number of aliphatic hydroxyl groups is 1. The molecule has 0 radical (unpaired) electrons. The second-order valence-corrected chi connectivity index (χ2v) is 7.24. The highest BCUT2D eigenvalue weighted by atomic mass is 16.5. The van der Waals surface area contributed by atoms with E-state index in [2.05, 4.69) is 16.8 Å². The van der Waals surface area contributed by atoms with Crippen molar-refractivity contribution in [3.8, 4) is 5.75 Å². The minimum Gasteiger partial charge on any atom is -0.497 e. The zero-order chi connectivity index (χ0) is 16.7. The zero-order valence-electron chi connectivity index (χ0n) is 14.5. The number of hydrogen-bond donors (Lipinski definition) is 1. The molecule has 1 aromatic heterocycles. The third kappa shape index (κ3) is 2.58. The third-order valence-electron chi connectivity index (χ3n) is 6.13. The number of rotatable bonds is 4. The van der Waals surface area contributed by atoms with Crippen molar-refractivity contribution >= 4 is 10.9 Å². The van der Waals surface area contributed by atoms with Gasteiger partial charge in [0.2, 0.25) is 0 Å². The van der Waals surface area contributed by atoms with Gasteiger partial charge in [-0.25, -0.2) is 0 Å². The highest BCUT2D eigenvalue weighted by Crippen LogP contribution is 2.42. The Labute approximate surface area is 143 Å². The minimum absolute atomic E-state index is 0.225. The van der Waals surface area contributed by atoms with Crippen LogP contribution in [0.25, 0.3) is 10.9 Å². The van der Waals surface area contributed by atoms with Gasteiger partial charge in [-0.3, -0.25) is 9.88 Å². The van der Waals surface area contributed by atoms with Gasteiger partial charge < -0.3 is 9.84 Å². The highest BCUT2D eigenvalue weighted by Gasteiger charge is 2.42. The summed E-state index contributed by atoms with van der Waals surface area (Å²) < 4.78 is 5.36. The van der Waals surface area contributed by atoms with Crippen LogP contribution in [0.1, 0.15) is 37.9 Å². The van der Waals surface area contributed by atoms with Gasteiger partial charge >= 0.3 is 0 Å². The smallest absolute Gasteiger partial charge is 0.119 e. The molecule has 128 valence electrons. The highest BCUT2D eigenvalue weighted by molar-refractivity contribution is 5.83. The summed E-state index contributed by atoms with van der Waals surface area (Å²) >= 11 is 0. The number of piperidine rings is 3. The van der Waals surface area contributed by atoms with Gasteiger partial charge in [0, 0.05) is 24.2 Å². The number of benzene rings is 1. The fraction of sp³-hybridized carbons (Fsp3) is 0.550. The number of pyridine rings is 1. The van der Waals surface area contributed by atoms with Crippen LogP contribution >= 0.6 is 0 Å². The Hall–Kier alpha value is -1.65. The van der Waals surface area contributed by atoms with E-state index in [0.29, 0.717) is 0 Å². The van der Waals surface area contributed by atoms with Gasteiger partial charge in [0.05, 0.1) is 18.7 Å². The van der Waals surface area contributed by atoms with Gasteiger partial charge in [-0.15, -0.1) is 0 Å². The molecule has 3 fully saturated rings. The van der Waals surface area contributed by atoms with Gasteiger partial charge in [-0.1, -0.05) is 13.3 Å². The molecule has 4 heteroatoms. The quantitative estimate of drug-likeness (QED) is 0.935. The number of methoxy groups -OCH3 is 1. The topological polar surface area (TPSA) is 45.6 Å². The van der Waals surface area contributed by atoms with Crippen LogP contribution in [-0.4, -0.2) is 41.2 Å². The van der Waals surface area contributed by atoms with E-state index in [9.17, 15) is 5.11 Å². The van der Waals surface area contributed by atoms with Crippen LogP contribution in [0.2, 0.25) is 0 Å². The molecule has 4 nitrogen and oxygen atoms in total. The number of fused-ring (bicyclic) bond motifs is 4. The molecule has 3 aliphatic heterocycles. The van der Waals surface area contributed by atoms with Crippen LogP contribution in [0.3, 0.4) is 0 Å². The normalized spacial score (nSPS) is 30.5. The Balaban J connectivity index is 1.68. The molecule has 24 heavy (non-hydrogen) atoms. The monoisotopic (exact) mass is 326 g/mol. The molecule has 0 aliphatic carbocycles. The maximum Gasteiger partial charge on any atom is 0.119 e. The number of aromatic nitrogens is 1. The number of aliphatic hydroxyl groups excluding tert-OH is 1. The molecule has 4 heterocycles. The summed E-state index contributed by atoms with van der Waals surface area (Å²) in [6.45, 7) is 4.55. The van der Waals surface area contributed by atoms with E-state index in [1.807, 2.05) is 24.3 Å². The SMILES string of the molecule is CCC1CN2CCC1C[C@@H]2C(O)c1ccnc2ccc(OC)cc12. The van der Waals surface area contributed by atoms with Crippen molar-refractivity contribution in [2.45, 2.75) is 38.3 Å². The van der Waals surface area contributed by atoms with Crippen LogP contribution < -0.4 is 4.74 Å². The Morgan fingerprint density at radius 3 is 2.96 bits per heavy atom. The summed E-state index contributed by atoms with van der Waals surface area (Å²) in [5.41, 5.74) is 1.89. The van der Waals surface area contributed by atoms with Crippen molar-refractivity contribution in [1.29, 1.82) is 0 Å². The molecular weight excluding hydrogens is 300 g/mol. The Morgan fingerprint density at radius 2 is 2.25 bits per heavy atom. The molecule has 4 unspecified atom stereocenters. The molecular formula is C20H26N2O2. The fourth-order valence-corrected chi connectivity index (χ4v) is 4.71. The predicted octanol–water partition coefficient (Wildman–Crippen LogP) is 3.40. The second-order valence-electron chi connectivity index (χ2n) is 7.24. The Bertz CT molecular complexity index is 733. The van der Waals surface area contributed by atoms with Crippen LogP contribution in [0, 0.1) is 11.8 Å². The van der Waals surface area contributed by atoms with Crippen LogP contribution in [0.4, 0.5) is 0 Å². The summed E-state index contributed by atoms with van der Waals surface area (Å²) in [5, 5.41) is 12.2. The van der Waals surface area contributed by atoms with Crippen LogP contribution in [0.15, 0.2) is 30.5 Å². The molecule has 0 saturated carbocycles. The summed E-state index contributed by atoms with van der Waals surface area (Å²) in [6.07, 6.45) is 4.97. The fourth-order valence-electron chi connectivity index (χ4n) is 4.71. The largest absolute Gasteiger partial charge is 0.497 e. The molecule has 1 N–H and O–H groups in total. The van der Waals surface area contributed by atoms with E-state index in [1.54, 1.807) is 13.3 Å². The van der Waals surface area contributed by atoms with Gasteiger partial charge in [0.1, 0.15) is 5.75 Å². The second kappa shape index (κ2) is 6.34. The van der Waals surface area contributed by atoms with Gasteiger partial charge in [0.25, 0.3) is 0 Å². The van der Waals surface area contributed by atoms with Crippen molar-refractivity contribution in [2.75, 3.05) is 20.2 Å². The number of hydrogen-bond acceptors (Lipinski definition) is 4. The third-order valence-corrected chi connectivity index (χ3v) is 6.13. The Kier molecular flexibility index (Phi) is 4.19. The molecule has 3 aliphatic rings. The van der Waals surface area contributed by atoms with Crippen molar-refractivity contribution in [1.82, 2.24) is 9.88 Å². The zero-order valence-corrected chi connectivity index (χ0v) is 14.5. The lowest BCUT2D eigenvalue weighted by Crippen LogP contribution is -2.55. The summed E-state index contributed by atoms with van der Waals surface area (Å²) in [4.78, 5) is 6.94. The summed E-state index contributed by atoms with van der Waals surface area (Å²) in [6, 6.07) is 8.07. The molecule has 0 amide bonds. The maximum absolute atomic E-state index is 11.2. The first kappa shape index (κ1) is 15.9. The molecule has 2 bridgehead atoms. The van der Waals surface area contributed by atoms with Crippen molar-refractivity contribution in [2.24, 2.45) is 11.8 Å². The van der Waals surface area contributed by atoms with Crippen molar-refractivity contribution in [3.63, 3.8) is 0 Å². The maximum atomic E-state index is 11.2. The molecule has 2 aromatic rings. The standard InChI is InChI=1S/C20H26N2O2/c1-3-13-12-22-9-7-14(13)10-19(22)20(23)16-6-8-21-18-5-4-15(24-2)11-17(16)18/h4-6,8,11,13-14,19-20,23H,3,7,9-10,12H2,1-2H3/t13?,14?,19-,20?/m1/s1. The van der Waals surface area contributed by atoms with E-state index < -0.39 is 6.10 Å². The summed E-state index contributed by atoms with van der Waals surface area (Å²) in [5.74, 6) is 2.37. The van der Waals surface area contributed by atoms with Gasteiger partial charge in [-0.05, 0) is 61.1 Å². The first-order valence-electron chi connectivity index (χ1n) is 9.06. The average Bonchev–Trinajstić information content (AvgIpc) is 2.66. The molecule has 0 spiro atoms. The molecule has 5 rings (SSSR count). The van der Waals surface area contributed by atoms with Gasteiger partial charge in [-0.2, -0.15) is 0 Å². The number of nitrogens with zero attached hydrogens (tertiary/aromatic N) is 2. The van der Waals surface area contributed by atoms with E-state index in [0.717, 1.165) is 53.6 Å². The first-order chi connectivity index (χ1) is 11.7. The van der Waals surface area contributed by atoms with E-state index in [-0.39, 0.29) is 6.04 Å². The van der Waals surface area contributed by atoms with Crippen LogP contribution in [0.5, 0.6) is 5.75 Å². The summed E-state index contributed by atoms with van der Waals surface area (Å²) in [7, 11) is 1.67. The lowest BCUT2D eigenvalue weighted by atomic mass is 9.72. The van der Waals surface area contributed by atoms with Crippen molar-refractivity contribution in [3.05, 3.63) is 36.0 Å². The predicted molar refractivity (Wildman–Crippen MR) is 95.1 cm³/mol.